The Morgan fingerprint density at radius 3 is 2.80 bits per heavy atom. The van der Waals surface area contributed by atoms with E-state index in [4.69, 9.17) is 9.47 Å². The average Bonchev–Trinajstić information content (AvgIpc) is 2.46. The van der Waals surface area contributed by atoms with E-state index in [-0.39, 0.29) is 5.25 Å². The molecule has 1 fully saturated rings. The number of hydrogen-bond acceptors (Lipinski definition) is 3. The van der Waals surface area contributed by atoms with E-state index in [0.717, 1.165) is 30.8 Å². The predicted molar refractivity (Wildman–Crippen MR) is 79.6 cm³/mol. The molecule has 3 nitrogen and oxygen atoms in total. The Balaban J connectivity index is 1.69. The molecule has 0 saturated carbocycles. The standard InChI is InChI=1S/C16H18O3S/c17-20-13-2-1-3-14(20)9-12(8-13)11-4-5-15-16(10-11)19-7-6-18-15/h4-5,8,10,13-14H,1-3,6-7,9H2. The third kappa shape index (κ3) is 2.06. The van der Waals surface area contributed by atoms with E-state index in [0.29, 0.717) is 18.5 Å². The summed E-state index contributed by atoms with van der Waals surface area (Å²) < 4.78 is 23.5. The van der Waals surface area contributed by atoms with E-state index in [9.17, 15) is 4.21 Å². The molecule has 1 saturated heterocycles. The van der Waals surface area contributed by atoms with Crippen LogP contribution in [-0.4, -0.2) is 27.9 Å². The molecule has 3 heterocycles. The maximum atomic E-state index is 12.2. The van der Waals surface area contributed by atoms with Gasteiger partial charge in [0, 0.05) is 16.0 Å². The van der Waals surface area contributed by atoms with Crippen LogP contribution >= 0.6 is 0 Å². The van der Waals surface area contributed by atoms with Crippen LogP contribution in [0.15, 0.2) is 24.3 Å². The average molecular weight is 290 g/mol. The van der Waals surface area contributed by atoms with Gasteiger partial charge >= 0.3 is 0 Å². The number of ether oxygens (including phenoxy) is 2. The molecule has 0 amide bonds. The topological polar surface area (TPSA) is 35.5 Å². The third-order valence-corrected chi connectivity index (χ3v) is 6.42. The van der Waals surface area contributed by atoms with Crippen molar-refractivity contribution in [3.63, 3.8) is 0 Å². The highest BCUT2D eigenvalue weighted by atomic mass is 32.2. The van der Waals surface area contributed by atoms with Gasteiger partial charge in [0.1, 0.15) is 13.2 Å². The summed E-state index contributed by atoms with van der Waals surface area (Å²) in [5.74, 6) is 1.67. The van der Waals surface area contributed by atoms with Crippen molar-refractivity contribution in [3.05, 3.63) is 29.8 Å². The lowest BCUT2D eigenvalue weighted by Gasteiger charge is -2.33. The van der Waals surface area contributed by atoms with Gasteiger partial charge in [0.2, 0.25) is 0 Å². The van der Waals surface area contributed by atoms with Crippen LogP contribution in [0, 0.1) is 0 Å². The maximum absolute atomic E-state index is 12.2. The molecule has 4 rings (SSSR count). The Morgan fingerprint density at radius 2 is 1.95 bits per heavy atom. The summed E-state index contributed by atoms with van der Waals surface area (Å²) in [6.07, 6.45) is 6.55. The lowest BCUT2D eigenvalue weighted by molar-refractivity contribution is 0.171. The summed E-state index contributed by atoms with van der Waals surface area (Å²) in [6, 6.07) is 6.17. The van der Waals surface area contributed by atoms with E-state index in [1.54, 1.807) is 0 Å². The highest BCUT2D eigenvalue weighted by Gasteiger charge is 2.33. The summed E-state index contributed by atoms with van der Waals surface area (Å²) in [6.45, 7) is 1.24. The Hall–Kier alpha value is -1.29. The number of hydrogen-bond donors (Lipinski definition) is 0. The number of rotatable bonds is 1. The lowest BCUT2D eigenvalue weighted by atomic mass is 9.93. The van der Waals surface area contributed by atoms with Crippen LogP contribution in [0.4, 0.5) is 0 Å². The first-order chi connectivity index (χ1) is 9.81. The smallest absolute Gasteiger partial charge is 0.161 e. The first kappa shape index (κ1) is 12.5. The zero-order chi connectivity index (χ0) is 13.5. The van der Waals surface area contributed by atoms with Gasteiger partial charge in [0.15, 0.2) is 11.5 Å². The van der Waals surface area contributed by atoms with Crippen LogP contribution in [0.3, 0.4) is 0 Å². The number of allylic oxidation sites excluding steroid dienone is 1. The minimum absolute atomic E-state index is 0.255. The predicted octanol–water partition coefficient (Wildman–Crippen LogP) is 2.91. The van der Waals surface area contributed by atoms with Gasteiger partial charge in [-0.3, -0.25) is 4.21 Å². The summed E-state index contributed by atoms with van der Waals surface area (Å²) in [7, 11) is -0.665. The minimum atomic E-state index is -0.665. The minimum Gasteiger partial charge on any atom is -0.486 e. The molecular weight excluding hydrogens is 272 g/mol. The number of benzene rings is 1. The molecule has 0 radical (unpaired) electrons. The van der Waals surface area contributed by atoms with Crippen molar-refractivity contribution in [2.24, 2.45) is 0 Å². The molecule has 0 aliphatic carbocycles. The van der Waals surface area contributed by atoms with Gasteiger partial charge < -0.3 is 9.47 Å². The monoisotopic (exact) mass is 290 g/mol. The Morgan fingerprint density at radius 1 is 1.10 bits per heavy atom. The summed E-state index contributed by atoms with van der Waals surface area (Å²) in [5, 5.41) is 0.604. The van der Waals surface area contributed by atoms with Crippen molar-refractivity contribution < 1.29 is 13.7 Å². The molecule has 1 aromatic rings. The molecule has 106 valence electrons. The molecule has 3 aliphatic rings. The zero-order valence-corrected chi connectivity index (χ0v) is 12.2. The van der Waals surface area contributed by atoms with Crippen molar-refractivity contribution in [3.8, 4) is 11.5 Å². The molecule has 0 spiro atoms. The van der Waals surface area contributed by atoms with Gasteiger partial charge in [-0.25, -0.2) is 0 Å². The van der Waals surface area contributed by atoms with Gasteiger partial charge in [-0.2, -0.15) is 0 Å². The Labute approximate surface area is 121 Å². The zero-order valence-electron chi connectivity index (χ0n) is 11.3. The van der Waals surface area contributed by atoms with E-state index in [1.165, 1.54) is 17.6 Å². The van der Waals surface area contributed by atoms with Gasteiger partial charge in [-0.05, 0) is 42.5 Å². The fourth-order valence-corrected chi connectivity index (χ4v) is 5.29. The quantitative estimate of drug-likeness (QED) is 0.798. The van der Waals surface area contributed by atoms with E-state index in [1.807, 2.05) is 6.07 Å². The highest BCUT2D eigenvalue weighted by molar-refractivity contribution is 7.86. The molecule has 0 N–H and O–H groups in total. The van der Waals surface area contributed by atoms with Crippen LogP contribution in [0.25, 0.3) is 5.57 Å². The van der Waals surface area contributed by atoms with E-state index >= 15 is 0 Å². The van der Waals surface area contributed by atoms with Crippen LogP contribution in [0.5, 0.6) is 11.5 Å². The Bertz CT molecular complexity index is 593. The second kappa shape index (κ2) is 4.92. The SMILES string of the molecule is O=S1C2C=C(c3ccc4c(c3)OCCO4)CC1CCC2. The fourth-order valence-electron chi connectivity index (χ4n) is 3.36. The molecule has 3 aliphatic heterocycles. The van der Waals surface area contributed by atoms with Gasteiger partial charge in [-0.1, -0.05) is 18.6 Å². The second-order valence-electron chi connectivity index (χ2n) is 5.67. The van der Waals surface area contributed by atoms with Crippen molar-refractivity contribution in [2.45, 2.75) is 36.2 Å². The first-order valence-corrected chi connectivity index (χ1v) is 8.59. The highest BCUT2D eigenvalue weighted by Crippen LogP contribution is 2.39. The molecule has 4 heteroatoms. The molecule has 3 unspecified atom stereocenters. The largest absolute Gasteiger partial charge is 0.486 e. The summed E-state index contributed by atoms with van der Waals surface area (Å²) in [5.41, 5.74) is 2.53. The van der Waals surface area contributed by atoms with Crippen LogP contribution in [0.2, 0.25) is 0 Å². The van der Waals surface area contributed by atoms with Crippen LogP contribution in [0.1, 0.15) is 31.2 Å². The van der Waals surface area contributed by atoms with Crippen molar-refractivity contribution in [1.29, 1.82) is 0 Å². The summed E-state index contributed by atoms with van der Waals surface area (Å²) in [4.78, 5) is 0. The third-order valence-electron chi connectivity index (χ3n) is 4.39. The molecule has 3 atom stereocenters. The Kier molecular flexibility index (Phi) is 3.06. The number of fused-ring (bicyclic) bond motifs is 3. The molecule has 0 aromatic heterocycles. The molecule has 2 bridgehead atoms. The molecular formula is C16H18O3S. The van der Waals surface area contributed by atoms with Crippen molar-refractivity contribution in [1.82, 2.24) is 0 Å². The van der Waals surface area contributed by atoms with Crippen molar-refractivity contribution >= 4 is 16.4 Å². The first-order valence-electron chi connectivity index (χ1n) is 7.31. The normalized spacial score (nSPS) is 31.6. The van der Waals surface area contributed by atoms with Crippen LogP contribution < -0.4 is 9.47 Å². The maximum Gasteiger partial charge on any atom is 0.161 e. The lowest BCUT2D eigenvalue weighted by Crippen LogP contribution is -2.33. The van der Waals surface area contributed by atoms with Gasteiger partial charge in [0.25, 0.3) is 0 Å². The van der Waals surface area contributed by atoms with E-state index < -0.39 is 10.8 Å². The summed E-state index contributed by atoms with van der Waals surface area (Å²) >= 11 is 0. The van der Waals surface area contributed by atoms with Crippen LogP contribution in [-0.2, 0) is 10.8 Å². The molecule has 20 heavy (non-hydrogen) atoms. The fraction of sp³-hybridized carbons (Fsp3) is 0.500. The van der Waals surface area contributed by atoms with E-state index in [2.05, 4.69) is 18.2 Å². The van der Waals surface area contributed by atoms with Crippen molar-refractivity contribution in [2.75, 3.05) is 13.2 Å². The van der Waals surface area contributed by atoms with Gasteiger partial charge in [0.05, 0.1) is 5.25 Å². The molecule has 1 aromatic carbocycles. The van der Waals surface area contributed by atoms with Gasteiger partial charge in [-0.15, -0.1) is 0 Å². The second-order valence-corrected chi connectivity index (χ2v) is 7.60.